The zero-order chi connectivity index (χ0) is 12.1. The molecular formula is C9H11N5O2S. The van der Waals surface area contributed by atoms with E-state index in [4.69, 9.17) is 9.15 Å². The number of rotatable bonds is 5. The highest BCUT2D eigenvalue weighted by Gasteiger charge is 2.10. The third kappa shape index (κ3) is 3.06. The predicted octanol–water partition coefficient (Wildman–Crippen LogP) is 1.45. The molecule has 0 radical (unpaired) electrons. The number of hydrogen-bond donors (Lipinski definition) is 1. The third-order valence-electron chi connectivity index (χ3n) is 1.70. The van der Waals surface area contributed by atoms with Crippen LogP contribution in [-0.4, -0.2) is 33.6 Å². The Balaban J connectivity index is 2.23. The van der Waals surface area contributed by atoms with E-state index < -0.39 is 0 Å². The molecule has 0 aliphatic rings. The fourth-order valence-electron chi connectivity index (χ4n) is 1.05. The normalized spacial score (nSPS) is 10.2. The Bertz CT molecular complexity index is 476. The summed E-state index contributed by atoms with van der Waals surface area (Å²) < 4.78 is 10.1. The molecule has 0 bridgehead atoms. The lowest BCUT2D eigenvalue weighted by atomic mass is 10.7. The first-order valence-electron chi connectivity index (χ1n) is 4.93. The summed E-state index contributed by atoms with van der Waals surface area (Å²) in [5, 5.41) is 3.94. The Morgan fingerprint density at radius 3 is 2.94 bits per heavy atom. The average Bonchev–Trinajstić information content (AvgIpc) is 2.82. The zero-order valence-electron chi connectivity index (χ0n) is 9.38. The largest absolute Gasteiger partial charge is 0.467 e. The Morgan fingerprint density at radius 1 is 1.41 bits per heavy atom. The van der Waals surface area contributed by atoms with Gasteiger partial charge in [0.25, 0.3) is 5.22 Å². The topological polar surface area (TPSA) is 86.0 Å². The van der Waals surface area contributed by atoms with Crippen LogP contribution in [0.4, 0.5) is 5.95 Å². The Labute approximate surface area is 102 Å². The SMILES string of the molecule is CCNc1nc(OC)nc(Sc2ncco2)n1. The zero-order valence-corrected chi connectivity index (χ0v) is 10.2. The second kappa shape index (κ2) is 5.48. The maximum Gasteiger partial charge on any atom is 0.321 e. The molecule has 0 aliphatic carbocycles. The van der Waals surface area contributed by atoms with Crippen LogP contribution in [0.1, 0.15) is 6.92 Å². The molecule has 0 atom stereocenters. The highest BCUT2D eigenvalue weighted by Crippen LogP contribution is 2.24. The van der Waals surface area contributed by atoms with Gasteiger partial charge in [-0.05, 0) is 6.92 Å². The van der Waals surface area contributed by atoms with Crippen molar-refractivity contribution in [1.29, 1.82) is 0 Å². The van der Waals surface area contributed by atoms with E-state index in [1.807, 2.05) is 6.92 Å². The highest BCUT2D eigenvalue weighted by atomic mass is 32.2. The summed E-state index contributed by atoms with van der Waals surface area (Å²) >= 11 is 1.20. The van der Waals surface area contributed by atoms with Crippen LogP contribution >= 0.6 is 11.8 Å². The summed E-state index contributed by atoms with van der Waals surface area (Å²) in [4.78, 5) is 16.3. The molecular weight excluding hydrogens is 242 g/mol. The first-order valence-corrected chi connectivity index (χ1v) is 5.74. The maximum atomic E-state index is 5.10. The van der Waals surface area contributed by atoms with Gasteiger partial charge in [0, 0.05) is 18.3 Å². The van der Waals surface area contributed by atoms with Crippen LogP contribution in [0.5, 0.6) is 6.01 Å². The summed E-state index contributed by atoms with van der Waals surface area (Å²) in [5.41, 5.74) is 0. The van der Waals surface area contributed by atoms with Crippen molar-refractivity contribution in [2.75, 3.05) is 19.0 Å². The molecule has 0 saturated heterocycles. The Morgan fingerprint density at radius 2 is 2.29 bits per heavy atom. The molecule has 8 heteroatoms. The van der Waals surface area contributed by atoms with Gasteiger partial charge in [-0.2, -0.15) is 15.0 Å². The minimum absolute atomic E-state index is 0.255. The van der Waals surface area contributed by atoms with Gasteiger partial charge in [0.05, 0.1) is 13.3 Å². The third-order valence-corrected chi connectivity index (χ3v) is 2.44. The monoisotopic (exact) mass is 253 g/mol. The molecule has 0 aromatic carbocycles. The molecule has 0 aliphatic heterocycles. The molecule has 17 heavy (non-hydrogen) atoms. The van der Waals surface area contributed by atoms with Crippen LogP contribution in [0.3, 0.4) is 0 Å². The van der Waals surface area contributed by atoms with Crippen LogP contribution in [-0.2, 0) is 0 Å². The van der Waals surface area contributed by atoms with E-state index in [1.165, 1.54) is 25.1 Å². The van der Waals surface area contributed by atoms with Crippen molar-refractivity contribution in [2.24, 2.45) is 0 Å². The number of methoxy groups -OCH3 is 1. The molecule has 2 aromatic rings. The first-order chi connectivity index (χ1) is 8.31. The van der Waals surface area contributed by atoms with Crippen molar-refractivity contribution >= 4 is 17.7 Å². The van der Waals surface area contributed by atoms with E-state index in [0.717, 1.165) is 6.54 Å². The van der Waals surface area contributed by atoms with Gasteiger partial charge in [-0.25, -0.2) is 4.98 Å². The number of hydrogen-bond acceptors (Lipinski definition) is 8. The van der Waals surface area contributed by atoms with Gasteiger partial charge in [-0.3, -0.25) is 0 Å². The number of oxazole rings is 1. The van der Waals surface area contributed by atoms with E-state index in [1.54, 1.807) is 6.20 Å². The molecule has 0 saturated carbocycles. The lowest BCUT2D eigenvalue weighted by molar-refractivity contribution is 0.373. The minimum Gasteiger partial charge on any atom is -0.467 e. The quantitative estimate of drug-likeness (QED) is 0.856. The van der Waals surface area contributed by atoms with E-state index in [2.05, 4.69) is 25.3 Å². The highest BCUT2D eigenvalue weighted by molar-refractivity contribution is 7.98. The summed E-state index contributed by atoms with van der Waals surface area (Å²) in [5.74, 6) is 0.466. The summed E-state index contributed by atoms with van der Waals surface area (Å²) in [6.07, 6.45) is 3.05. The van der Waals surface area contributed by atoms with Crippen LogP contribution < -0.4 is 10.1 Å². The van der Waals surface area contributed by atoms with Crippen LogP contribution in [0.25, 0.3) is 0 Å². The minimum atomic E-state index is 0.255. The first kappa shape index (κ1) is 11.6. The fraction of sp³-hybridized carbons (Fsp3) is 0.333. The van der Waals surface area contributed by atoms with Gasteiger partial charge in [0.15, 0.2) is 0 Å². The van der Waals surface area contributed by atoms with Crippen molar-refractivity contribution in [2.45, 2.75) is 17.3 Å². The molecule has 90 valence electrons. The van der Waals surface area contributed by atoms with Crippen molar-refractivity contribution < 1.29 is 9.15 Å². The van der Waals surface area contributed by atoms with Gasteiger partial charge in [0.2, 0.25) is 11.1 Å². The van der Waals surface area contributed by atoms with Gasteiger partial charge < -0.3 is 14.5 Å². The second-order valence-corrected chi connectivity index (χ2v) is 3.78. The average molecular weight is 253 g/mol. The Kier molecular flexibility index (Phi) is 3.76. The summed E-state index contributed by atoms with van der Waals surface area (Å²) in [6.45, 7) is 2.67. The van der Waals surface area contributed by atoms with E-state index in [-0.39, 0.29) is 6.01 Å². The van der Waals surface area contributed by atoms with Gasteiger partial charge in [-0.15, -0.1) is 0 Å². The van der Waals surface area contributed by atoms with E-state index in [0.29, 0.717) is 16.3 Å². The molecule has 0 spiro atoms. The summed E-state index contributed by atoms with van der Waals surface area (Å²) in [6, 6.07) is 0.255. The molecule has 2 rings (SSSR count). The van der Waals surface area contributed by atoms with Crippen molar-refractivity contribution in [3.05, 3.63) is 12.5 Å². The molecule has 0 unspecified atom stereocenters. The lowest BCUT2D eigenvalue weighted by Gasteiger charge is -2.04. The van der Waals surface area contributed by atoms with Gasteiger partial charge in [-0.1, -0.05) is 0 Å². The standard InChI is InChI=1S/C9H11N5O2S/c1-3-10-6-12-7(15-2)14-8(13-6)17-9-11-4-5-16-9/h4-5H,3H2,1-2H3,(H,10,12,13,14). The molecule has 7 nitrogen and oxygen atoms in total. The van der Waals surface area contributed by atoms with Gasteiger partial charge >= 0.3 is 6.01 Å². The number of nitrogens with one attached hydrogen (secondary N) is 1. The predicted molar refractivity (Wildman–Crippen MR) is 61.2 cm³/mol. The lowest BCUT2D eigenvalue weighted by Crippen LogP contribution is -2.05. The molecule has 0 amide bonds. The maximum absolute atomic E-state index is 5.10. The molecule has 2 heterocycles. The number of anilines is 1. The van der Waals surface area contributed by atoms with Crippen molar-refractivity contribution in [1.82, 2.24) is 19.9 Å². The fourth-order valence-corrected chi connectivity index (χ4v) is 1.68. The summed E-state index contributed by atoms with van der Waals surface area (Å²) in [7, 11) is 1.50. The number of nitrogens with zero attached hydrogens (tertiary/aromatic N) is 4. The second-order valence-electron chi connectivity index (χ2n) is 2.86. The molecule has 2 aromatic heterocycles. The van der Waals surface area contributed by atoms with Crippen LogP contribution in [0, 0.1) is 0 Å². The number of ether oxygens (including phenoxy) is 1. The number of aromatic nitrogens is 4. The van der Waals surface area contributed by atoms with E-state index in [9.17, 15) is 0 Å². The van der Waals surface area contributed by atoms with Gasteiger partial charge in [0.1, 0.15) is 6.26 Å². The smallest absolute Gasteiger partial charge is 0.321 e. The van der Waals surface area contributed by atoms with Crippen LogP contribution in [0.15, 0.2) is 27.3 Å². The van der Waals surface area contributed by atoms with Crippen molar-refractivity contribution in [3.63, 3.8) is 0 Å². The van der Waals surface area contributed by atoms with E-state index >= 15 is 0 Å². The van der Waals surface area contributed by atoms with Crippen molar-refractivity contribution in [3.8, 4) is 6.01 Å². The molecule has 1 N–H and O–H groups in total. The van der Waals surface area contributed by atoms with Crippen LogP contribution in [0.2, 0.25) is 0 Å². The molecule has 0 fully saturated rings. The Hall–Kier alpha value is -1.83.